The summed E-state index contributed by atoms with van der Waals surface area (Å²) in [5.74, 6) is -10.1. The highest BCUT2D eigenvalue weighted by Crippen LogP contribution is 2.21. The molecular formula is C48H69N7O13. The van der Waals surface area contributed by atoms with Gasteiger partial charge in [0.1, 0.15) is 30.2 Å². The zero-order chi connectivity index (χ0) is 51.1. The third-order valence-electron chi connectivity index (χ3n) is 10.7. The molecule has 2 aromatic carbocycles. The highest BCUT2D eigenvalue weighted by atomic mass is 16.5. The number of amides is 7. The number of hydrogen-bond donors (Lipinski definition) is 9. The van der Waals surface area contributed by atoms with Gasteiger partial charge in [-0.05, 0) is 54.2 Å². The zero-order valence-corrected chi connectivity index (χ0v) is 40.0. The summed E-state index contributed by atoms with van der Waals surface area (Å²) in [5, 5.41) is 34.2. The standard InChI is InChI=1S/C48H69N7O13/c1-8-9-19-32(40(61)42(49)62)51-44(64)34(24-28(2)3)54-47(67)41(48(5,6)7)55-45(65)35(25-31-18-14-13-15-29(31)4)53-43(63)33(20-22-38(57)58)52-46(66)36(50-37(56)21-23-39(59)60)27-68-26-30-16-11-10-12-17-30/h10-18,28,32-36,41H,8-9,19-27H2,1-7H3,(H2,49,62)(H,50,56)(H,51,64)(H,52,66)(H,53,63)(H,54,67)(H,55,65)(H,57,58)(H,59,60)/t32?,33-,34-,35-,36-,41+/m0/s1. The van der Waals surface area contributed by atoms with Crippen molar-refractivity contribution in [1.82, 2.24) is 31.9 Å². The maximum Gasteiger partial charge on any atom is 0.303 e. The van der Waals surface area contributed by atoms with Crippen molar-refractivity contribution in [3.8, 4) is 0 Å². The highest BCUT2D eigenvalue weighted by Gasteiger charge is 2.39. The zero-order valence-electron chi connectivity index (χ0n) is 40.0. The lowest BCUT2D eigenvalue weighted by Crippen LogP contribution is -2.62. The van der Waals surface area contributed by atoms with E-state index in [0.29, 0.717) is 18.4 Å². The number of nitrogens with two attached hydrogens (primary N) is 1. The summed E-state index contributed by atoms with van der Waals surface area (Å²) in [5.41, 5.74) is 6.33. The monoisotopic (exact) mass is 951 g/mol. The van der Waals surface area contributed by atoms with Crippen LogP contribution in [0.5, 0.6) is 0 Å². The Morgan fingerprint density at radius 3 is 1.75 bits per heavy atom. The summed E-state index contributed by atoms with van der Waals surface area (Å²) in [6.45, 7) is 11.8. The Bertz CT molecular complexity index is 2070. The van der Waals surface area contributed by atoms with Crippen LogP contribution in [0.25, 0.3) is 0 Å². The molecule has 0 heterocycles. The Morgan fingerprint density at radius 2 is 1.18 bits per heavy atom. The average molecular weight is 952 g/mol. The minimum atomic E-state index is -1.60. The van der Waals surface area contributed by atoms with Crippen LogP contribution in [0.4, 0.5) is 0 Å². The second-order valence-electron chi connectivity index (χ2n) is 18.1. The molecule has 10 N–H and O–H groups in total. The van der Waals surface area contributed by atoms with Crippen molar-refractivity contribution in [3.63, 3.8) is 0 Å². The number of benzene rings is 2. The van der Waals surface area contributed by atoms with E-state index in [-0.39, 0.29) is 31.8 Å². The first kappa shape index (κ1) is 57.4. The number of ketones is 1. The van der Waals surface area contributed by atoms with E-state index < -0.39 is 133 Å². The Morgan fingerprint density at radius 1 is 0.632 bits per heavy atom. The van der Waals surface area contributed by atoms with E-state index in [1.807, 2.05) is 20.8 Å². The van der Waals surface area contributed by atoms with E-state index >= 15 is 0 Å². The van der Waals surface area contributed by atoms with E-state index in [0.717, 1.165) is 11.1 Å². The topological polar surface area (TPSA) is 319 Å². The number of primary amides is 1. The van der Waals surface area contributed by atoms with Gasteiger partial charge < -0.3 is 52.6 Å². The number of carbonyl (C=O) groups excluding carboxylic acids is 8. The lowest BCUT2D eigenvalue weighted by molar-refractivity contribution is -0.140. The second-order valence-corrected chi connectivity index (χ2v) is 18.1. The average Bonchev–Trinajstić information content (AvgIpc) is 3.26. The van der Waals surface area contributed by atoms with Crippen LogP contribution in [0.15, 0.2) is 54.6 Å². The maximum absolute atomic E-state index is 14.5. The Labute approximate surface area is 397 Å². The maximum atomic E-state index is 14.5. The molecule has 6 atom stereocenters. The molecule has 0 fully saturated rings. The molecule has 0 aliphatic heterocycles. The van der Waals surface area contributed by atoms with Gasteiger partial charge in [-0.1, -0.05) is 109 Å². The van der Waals surface area contributed by atoms with E-state index in [1.165, 1.54) is 0 Å². The van der Waals surface area contributed by atoms with Crippen molar-refractivity contribution in [2.24, 2.45) is 17.1 Å². The van der Waals surface area contributed by atoms with Gasteiger partial charge in [0.25, 0.3) is 5.91 Å². The van der Waals surface area contributed by atoms with E-state index in [1.54, 1.807) is 82.3 Å². The number of unbranched alkanes of at least 4 members (excludes halogenated alkanes) is 1. The molecule has 20 heteroatoms. The molecule has 2 aromatic rings. The first-order valence-electron chi connectivity index (χ1n) is 22.7. The molecule has 0 aliphatic rings. The minimum Gasteiger partial charge on any atom is -0.481 e. The van der Waals surface area contributed by atoms with Crippen LogP contribution < -0.4 is 37.6 Å². The molecule has 1 unspecified atom stereocenters. The van der Waals surface area contributed by atoms with Gasteiger partial charge in [-0.2, -0.15) is 0 Å². The van der Waals surface area contributed by atoms with Crippen molar-refractivity contribution < 1.29 is 62.9 Å². The molecule has 0 aromatic heterocycles. The van der Waals surface area contributed by atoms with Gasteiger partial charge in [0, 0.05) is 19.3 Å². The Balaban J connectivity index is 2.49. The smallest absolute Gasteiger partial charge is 0.303 e. The summed E-state index contributed by atoms with van der Waals surface area (Å²) in [4.78, 5) is 131. The third-order valence-corrected chi connectivity index (χ3v) is 10.7. The highest BCUT2D eigenvalue weighted by molar-refractivity contribution is 6.37. The third kappa shape index (κ3) is 20.9. The van der Waals surface area contributed by atoms with Gasteiger partial charge in [-0.15, -0.1) is 0 Å². The number of carboxylic acid groups (broad SMARTS) is 2. The summed E-state index contributed by atoms with van der Waals surface area (Å²) in [6.07, 6.45) is -0.834. The fourth-order valence-electron chi connectivity index (χ4n) is 6.89. The number of hydrogen-bond acceptors (Lipinski definition) is 11. The number of nitrogens with one attached hydrogen (secondary N) is 6. The molecule has 0 spiro atoms. The summed E-state index contributed by atoms with van der Waals surface area (Å²) in [7, 11) is 0. The summed E-state index contributed by atoms with van der Waals surface area (Å²) >= 11 is 0. The minimum absolute atomic E-state index is 0.0187. The molecule has 0 saturated carbocycles. The molecule has 68 heavy (non-hydrogen) atoms. The molecule has 0 radical (unpaired) electrons. The van der Waals surface area contributed by atoms with Crippen LogP contribution in [0, 0.1) is 18.3 Å². The van der Waals surface area contributed by atoms with E-state index in [4.69, 9.17) is 15.6 Å². The largest absolute Gasteiger partial charge is 0.481 e. The van der Waals surface area contributed by atoms with Crippen molar-refractivity contribution in [2.75, 3.05) is 6.61 Å². The van der Waals surface area contributed by atoms with Gasteiger partial charge in [0.15, 0.2) is 0 Å². The molecule has 7 amide bonds. The van der Waals surface area contributed by atoms with E-state index in [9.17, 15) is 53.1 Å². The first-order chi connectivity index (χ1) is 31.9. The number of rotatable bonds is 30. The Hall–Kier alpha value is -6.70. The molecule has 374 valence electrons. The number of aryl methyl sites for hydroxylation is 1. The summed E-state index contributed by atoms with van der Waals surface area (Å²) < 4.78 is 5.71. The lowest BCUT2D eigenvalue weighted by atomic mass is 9.85. The fourth-order valence-corrected chi connectivity index (χ4v) is 6.89. The predicted molar refractivity (Wildman–Crippen MR) is 249 cm³/mol. The van der Waals surface area contributed by atoms with Crippen molar-refractivity contribution >= 4 is 59.1 Å². The number of carbonyl (C=O) groups is 10. The second kappa shape index (κ2) is 28.5. The molecule has 0 saturated heterocycles. The lowest BCUT2D eigenvalue weighted by Gasteiger charge is -2.34. The van der Waals surface area contributed by atoms with Crippen molar-refractivity contribution in [3.05, 3.63) is 71.3 Å². The normalized spacial score (nSPS) is 13.9. The van der Waals surface area contributed by atoms with Crippen LogP contribution in [-0.2, 0) is 65.7 Å². The van der Waals surface area contributed by atoms with Crippen LogP contribution in [0.2, 0.25) is 0 Å². The van der Waals surface area contributed by atoms with Crippen LogP contribution in [0.3, 0.4) is 0 Å². The first-order valence-corrected chi connectivity index (χ1v) is 22.7. The van der Waals surface area contributed by atoms with Crippen LogP contribution in [0.1, 0.15) is 110 Å². The number of aliphatic carboxylic acids is 2. The molecule has 20 nitrogen and oxygen atoms in total. The van der Waals surface area contributed by atoms with Gasteiger partial charge in [0.05, 0.1) is 25.7 Å². The number of Topliss-reactive ketones (excluding diaryl/α,β-unsaturated/α-hetero) is 1. The van der Waals surface area contributed by atoms with Crippen molar-refractivity contribution in [2.45, 2.75) is 149 Å². The predicted octanol–water partition coefficient (Wildman–Crippen LogP) is 1.73. The molecule has 2 rings (SSSR count). The van der Waals surface area contributed by atoms with Crippen LogP contribution >= 0.6 is 0 Å². The number of ether oxygens (including phenoxy) is 1. The van der Waals surface area contributed by atoms with Crippen LogP contribution in [-0.4, -0.2) is 112 Å². The molecule has 0 bridgehead atoms. The SMILES string of the molecule is CCCCC(NC(=O)[C@H](CC(C)C)NC(=O)[C@@H](NC(=O)[C@H](Cc1ccccc1C)NC(=O)[C@H](CCC(=O)O)NC(=O)[C@H](COCc1ccccc1)NC(=O)CCC(=O)O)C(C)(C)C)C(=O)C(N)=O. The summed E-state index contributed by atoms with van der Waals surface area (Å²) in [6, 6.07) is 7.54. The van der Waals surface area contributed by atoms with Crippen molar-refractivity contribution in [1.29, 1.82) is 0 Å². The molecular weight excluding hydrogens is 883 g/mol. The fraction of sp³-hybridized carbons (Fsp3) is 0.542. The number of carboxylic acids is 2. The quantitative estimate of drug-likeness (QED) is 0.0505. The molecule has 0 aliphatic carbocycles. The van der Waals surface area contributed by atoms with Gasteiger partial charge in [0.2, 0.25) is 41.2 Å². The van der Waals surface area contributed by atoms with Gasteiger partial charge in [-0.25, -0.2) is 0 Å². The van der Waals surface area contributed by atoms with E-state index in [2.05, 4.69) is 31.9 Å². The van der Waals surface area contributed by atoms with Gasteiger partial charge >= 0.3 is 11.9 Å². The van der Waals surface area contributed by atoms with Gasteiger partial charge in [-0.3, -0.25) is 47.9 Å². The Kier molecular flexibility index (Phi) is 24.0.